The van der Waals surface area contributed by atoms with E-state index in [4.69, 9.17) is 4.42 Å². The molecule has 2 N–H and O–H groups in total. The van der Waals surface area contributed by atoms with Crippen molar-refractivity contribution in [3.63, 3.8) is 0 Å². The van der Waals surface area contributed by atoms with E-state index >= 15 is 0 Å². The van der Waals surface area contributed by atoms with Gasteiger partial charge in [0.2, 0.25) is 0 Å². The fourth-order valence-electron chi connectivity index (χ4n) is 2.42. The molecule has 0 radical (unpaired) electrons. The molecule has 0 unspecified atom stereocenters. The minimum absolute atomic E-state index is 0.0409. The van der Waals surface area contributed by atoms with Gasteiger partial charge in [0.25, 0.3) is 11.8 Å². The fraction of sp³-hybridized carbons (Fsp3) is 0.250. The summed E-state index contributed by atoms with van der Waals surface area (Å²) in [6, 6.07) is 3.96. The highest BCUT2D eigenvalue weighted by atomic mass is 19.4. The average Bonchev–Trinajstić information content (AvgIpc) is 3.32. The zero-order valence-corrected chi connectivity index (χ0v) is 14.7. The van der Waals surface area contributed by atoms with Crippen molar-refractivity contribution in [2.45, 2.75) is 12.7 Å². The molecule has 0 saturated heterocycles. The van der Waals surface area contributed by atoms with Gasteiger partial charge < -0.3 is 15.1 Å². The zero-order chi connectivity index (χ0) is 20.5. The van der Waals surface area contributed by atoms with Crippen LogP contribution in [-0.2, 0) is 26.8 Å². The van der Waals surface area contributed by atoms with Gasteiger partial charge in [-0.2, -0.15) is 23.4 Å². The van der Waals surface area contributed by atoms with E-state index in [1.54, 1.807) is 12.1 Å². The van der Waals surface area contributed by atoms with Crippen LogP contribution in [0.5, 0.6) is 0 Å². The van der Waals surface area contributed by atoms with Crippen molar-refractivity contribution < 1.29 is 27.2 Å². The lowest BCUT2D eigenvalue weighted by molar-refractivity contribution is -0.141. The Morgan fingerprint density at radius 1 is 1.21 bits per heavy atom. The number of nitrogens with one attached hydrogen (secondary N) is 2. The van der Waals surface area contributed by atoms with Crippen molar-refractivity contribution in [2.24, 2.45) is 14.1 Å². The van der Waals surface area contributed by atoms with Gasteiger partial charge in [-0.05, 0) is 12.1 Å². The van der Waals surface area contributed by atoms with Gasteiger partial charge >= 0.3 is 6.18 Å². The summed E-state index contributed by atoms with van der Waals surface area (Å²) in [5, 5.41) is 12.2. The molecular formula is C16H15F3N6O3. The number of amides is 2. The molecule has 12 heteroatoms. The van der Waals surface area contributed by atoms with Gasteiger partial charge in [0.1, 0.15) is 11.5 Å². The Labute approximate surface area is 156 Å². The van der Waals surface area contributed by atoms with Crippen molar-refractivity contribution in [3.8, 4) is 0 Å². The van der Waals surface area contributed by atoms with Crippen LogP contribution in [0, 0.1) is 0 Å². The molecule has 0 atom stereocenters. The fourth-order valence-corrected chi connectivity index (χ4v) is 2.42. The number of furan rings is 1. The lowest BCUT2D eigenvalue weighted by Gasteiger charge is -2.06. The molecule has 28 heavy (non-hydrogen) atoms. The molecule has 3 heterocycles. The lowest BCUT2D eigenvalue weighted by Crippen LogP contribution is -2.25. The van der Waals surface area contributed by atoms with Gasteiger partial charge in [-0.3, -0.25) is 19.0 Å². The van der Waals surface area contributed by atoms with Crippen molar-refractivity contribution in [1.29, 1.82) is 0 Å². The number of alkyl halides is 3. The summed E-state index contributed by atoms with van der Waals surface area (Å²) >= 11 is 0. The molecule has 148 valence electrons. The van der Waals surface area contributed by atoms with Crippen LogP contribution in [0.1, 0.15) is 32.4 Å². The predicted molar refractivity (Wildman–Crippen MR) is 89.2 cm³/mol. The molecule has 0 aliphatic rings. The Hall–Kier alpha value is -3.57. The second-order valence-electron chi connectivity index (χ2n) is 5.82. The van der Waals surface area contributed by atoms with Crippen LogP contribution >= 0.6 is 0 Å². The maximum Gasteiger partial charge on any atom is 0.435 e. The maximum absolute atomic E-state index is 12.8. The average molecular weight is 396 g/mol. The summed E-state index contributed by atoms with van der Waals surface area (Å²) in [4.78, 5) is 24.7. The zero-order valence-electron chi connectivity index (χ0n) is 14.7. The number of aromatic nitrogens is 4. The standard InChI is InChI=1S/C16H15F3N6O3/c1-24-8-10(13(23-24)15(27)20-7-9-4-3-5-28-9)21-14(26)11-6-12(16(17,18)19)22-25(11)2/h3-6,8H,7H2,1-2H3,(H,20,27)(H,21,26). The van der Waals surface area contributed by atoms with Crippen LogP contribution in [0.2, 0.25) is 0 Å². The molecule has 9 nitrogen and oxygen atoms in total. The van der Waals surface area contributed by atoms with Gasteiger partial charge in [0.15, 0.2) is 11.4 Å². The van der Waals surface area contributed by atoms with Crippen LogP contribution in [-0.4, -0.2) is 31.4 Å². The van der Waals surface area contributed by atoms with E-state index in [2.05, 4.69) is 20.8 Å². The summed E-state index contributed by atoms with van der Waals surface area (Å²) in [5.41, 5.74) is -1.57. The van der Waals surface area contributed by atoms with E-state index in [-0.39, 0.29) is 23.6 Å². The van der Waals surface area contributed by atoms with Crippen LogP contribution in [0.15, 0.2) is 35.1 Å². The largest absolute Gasteiger partial charge is 0.467 e. The number of carbonyl (C=O) groups is 2. The Bertz CT molecular complexity index is 1000. The summed E-state index contributed by atoms with van der Waals surface area (Å²) in [6.07, 6.45) is -1.86. The lowest BCUT2D eigenvalue weighted by atomic mass is 10.3. The molecule has 0 fully saturated rings. The van der Waals surface area contributed by atoms with Crippen LogP contribution in [0.25, 0.3) is 0 Å². The molecule has 0 spiro atoms. The number of halogens is 3. The first-order chi connectivity index (χ1) is 13.1. The predicted octanol–water partition coefficient (Wildman–Crippen LogP) is 1.95. The first-order valence-corrected chi connectivity index (χ1v) is 7.92. The van der Waals surface area contributed by atoms with Crippen LogP contribution in [0.3, 0.4) is 0 Å². The first kappa shape index (κ1) is 19.2. The number of carbonyl (C=O) groups excluding carboxylic acids is 2. The maximum atomic E-state index is 12.8. The molecular weight excluding hydrogens is 381 g/mol. The van der Waals surface area contributed by atoms with E-state index < -0.39 is 23.7 Å². The number of nitrogens with zero attached hydrogens (tertiary/aromatic N) is 4. The Balaban J connectivity index is 1.77. The summed E-state index contributed by atoms with van der Waals surface area (Å²) in [5.74, 6) is -0.934. The van der Waals surface area contributed by atoms with Gasteiger partial charge in [-0.15, -0.1) is 0 Å². The smallest absolute Gasteiger partial charge is 0.435 e. The summed E-state index contributed by atoms with van der Waals surface area (Å²) in [6.45, 7) is 0.104. The molecule has 0 aromatic carbocycles. The molecule has 0 saturated carbocycles. The van der Waals surface area contributed by atoms with E-state index in [1.807, 2.05) is 0 Å². The number of hydrogen-bond acceptors (Lipinski definition) is 5. The summed E-state index contributed by atoms with van der Waals surface area (Å²) < 4.78 is 45.5. The summed E-state index contributed by atoms with van der Waals surface area (Å²) in [7, 11) is 2.75. The van der Waals surface area contributed by atoms with Crippen molar-refractivity contribution in [2.75, 3.05) is 5.32 Å². The molecule has 0 bridgehead atoms. The monoisotopic (exact) mass is 396 g/mol. The van der Waals surface area contributed by atoms with Crippen molar-refractivity contribution >= 4 is 17.5 Å². The highest BCUT2D eigenvalue weighted by molar-refractivity contribution is 6.07. The third kappa shape index (κ3) is 4.05. The van der Waals surface area contributed by atoms with E-state index in [9.17, 15) is 22.8 Å². The van der Waals surface area contributed by atoms with E-state index in [1.165, 1.54) is 31.2 Å². The van der Waals surface area contributed by atoms with Crippen molar-refractivity contribution in [3.05, 3.63) is 53.5 Å². The van der Waals surface area contributed by atoms with Crippen LogP contribution in [0.4, 0.5) is 18.9 Å². The Morgan fingerprint density at radius 2 is 1.96 bits per heavy atom. The highest BCUT2D eigenvalue weighted by Crippen LogP contribution is 2.28. The van der Waals surface area contributed by atoms with Gasteiger partial charge in [-0.1, -0.05) is 0 Å². The van der Waals surface area contributed by atoms with Gasteiger partial charge in [-0.25, -0.2) is 0 Å². The van der Waals surface area contributed by atoms with Gasteiger partial charge in [0.05, 0.1) is 18.5 Å². The second-order valence-corrected chi connectivity index (χ2v) is 5.82. The molecule has 3 aromatic heterocycles. The van der Waals surface area contributed by atoms with Crippen molar-refractivity contribution in [1.82, 2.24) is 24.9 Å². The first-order valence-electron chi connectivity index (χ1n) is 7.92. The topological polar surface area (TPSA) is 107 Å². The second kappa shape index (κ2) is 7.21. The molecule has 2 amide bonds. The SMILES string of the molecule is Cn1cc(NC(=O)c2cc(C(F)(F)F)nn2C)c(C(=O)NCc2ccco2)n1. The van der Waals surface area contributed by atoms with Gasteiger partial charge in [0, 0.05) is 26.4 Å². The highest BCUT2D eigenvalue weighted by Gasteiger charge is 2.35. The minimum Gasteiger partial charge on any atom is -0.467 e. The number of hydrogen-bond donors (Lipinski definition) is 2. The number of rotatable bonds is 5. The minimum atomic E-state index is -4.68. The molecule has 3 rings (SSSR count). The number of aryl methyl sites for hydroxylation is 2. The van der Waals surface area contributed by atoms with Crippen LogP contribution < -0.4 is 10.6 Å². The van der Waals surface area contributed by atoms with E-state index in [0.717, 1.165) is 4.68 Å². The molecule has 3 aromatic rings. The molecule has 0 aliphatic heterocycles. The third-order valence-electron chi connectivity index (χ3n) is 3.70. The quantitative estimate of drug-likeness (QED) is 0.686. The molecule has 0 aliphatic carbocycles. The van der Waals surface area contributed by atoms with E-state index in [0.29, 0.717) is 11.8 Å². The number of anilines is 1. The Morgan fingerprint density at radius 3 is 2.57 bits per heavy atom. The third-order valence-corrected chi connectivity index (χ3v) is 3.70. The normalized spacial score (nSPS) is 11.5. The Kier molecular flexibility index (Phi) is 4.94.